The molecule has 1 nitrogen and oxygen atoms in total. The molecule has 4 saturated carbocycles. The van der Waals surface area contributed by atoms with Crippen molar-refractivity contribution in [2.24, 2.45) is 0 Å². The Bertz CT molecular complexity index is 1190. The average Bonchev–Trinajstić information content (AvgIpc) is 3.85. The van der Waals surface area contributed by atoms with Crippen LogP contribution in [-0.2, 0) is 17.1 Å². The Hall–Kier alpha value is -0.741. The monoisotopic (exact) mass is 711 g/mol. The quantitative estimate of drug-likeness (QED) is 0.121. The number of hydrogen-bond acceptors (Lipinski definition) is 1. The second-order valence-electron chi connectivity index (χ2n) is 15.2. The van der Waals surface area contributed by atoms with E-state index in [1.165, 1.54) is 128 Å². The third-order valence-corrected chi connectivity index (χ3v) is 19.0. The molecule has 7 rings (SSSR count). The van der Waals surface area contributed by atoms with E-state index in [-0.39, 0.29) is 32.9 Å². The van der Waals surface area contributed by atoms with Gasteiger partial charge in [-0.1, -0.05) is 117 Å². The van der Waals surface area contributed by atoms with E-state index in [4.69, 9.17) is 0 Å². The Balaban J connectivity index is 0.000000662. The van der Waals surface area contributed by atoms with Crippen molar-refractivity contribution in [3.63, 3.8) is 0 Å². The second-order valence-corrected chi connectivity index (χ2v) is 20.7. The predicted octanol–water partition coefficient (Wildman–Crippen LogP) is 12.0. The molecule has 47 heavy (non-hydrogen) atoms. The summed E-state index contributed by atoms with van der Waals surface area (Å²) in [5.74, 6) is 0. The molecule has 1 atom stereocenters. The summed E-state index contributed by atoms with van der Waals surface area (Å²) < 4.78 is 0. The van der Waals surface area contributed by atoms with Crippen LogP contribution < -0.4 is 10.6 Å². The predicted molar refractivity (Wildman–Crippen MR) is 207 cm³/mol. The maximum absolute atomic E-state index is 2.62. The van der Waals surface area contributed by atoms with Gasteiger partial charge in [-0.2, -0.15) is 6.07 Å². The van der Waals surface area contributed by atoms with Crippen LogP contribution in [0.25, 0.3) is 0 Å². The van der Waals surface area contributed by atoms with Crippen molar-refractivity contribution in [1.29, 1.82) is 0 Å². The van der Waals surface area contributed by atoms with Crippen molar-refractivity contribution >= 4 is 26.5 Å². The van der Waals surface area contributed by atoms with E-state index in [9.17, 15) is 0 Å². The van der Waals surface area contributed by atoms with E-state index in [0.717, 1.165) is 22.6 Å². The average molecular weight is 712 g/mol. The molecule has 0 aliphatic heterocycles. The molecule has 0 saturated heterocycles. The van der Waals surface area contributed by atoms with Crippen LogP contribution in [0, 0.1) is 0 Å². The molecular weight excluding hydrogens is 648 g/mol. The Kier molecular flexibility index (Phi) is 15.6. The first-order valence-electron chi connectivity index (χ1n) is 19.5. The summed E-state index contributed by atoms with van der Waals surface area (Å²) in [6, 6.07) is 28.0. The Morgan fingerprint density at radius 2 is 0.957 bits per heavy atom. The Labute approximate surface area is 302 Å². The summed E-state index contributed by atoms with van der Waals surface area (Å²) in [4.78, 5) is 2.60. The van der Waals surface area contributed by atoms with Crippen LogP contribution in [0.15, 0.2) is 72.8 Å². The van der Waals surface area contributed by atoms with Crippen molar-refractivity contribution in [1.82, 2.24) is 4.90 Å². The first-order valence-corrected chi connectivity index (χ1v) is 22.4. The summed E-state index contributed by atoms with van der Waals surface area (Å²) >= 11 is 0. The van der Waals surface area contributed by atoms with E-state index in [1.807, 2.05) is 35.6 Å². The van der Waals surface area contributed by atoms with Gasteiger partial charge in [-0.05, 0) is 99.0 Å². The van der Waals surface area contributed by atoms with Crippen LogP contribution in [-0.4, -0.2) is 41.6 Å². The van der Waals surface area contributed by atoms with Gasteiger partial charge >= 0.3 is 0 Å². The molecule has 3 aromatic rings. The molecule has 4 fully saturated rings. The minimum atomic E-state index is -0.117. The van der Waals surface area contributed by atoms with Crippen molar-refractivity contribution < 1.29 is 17.1 Å². The van der Waals surface area contributed by atoms with Crippen LogP contribution in [0.4, 0.5) is 0 Å². The molecule has 0 heterocycles. The number of nitrogens with zero attached hydrogens (tertiary/aromatic N) is 1. The maximum atomic E-state index is 2.62. The molecule has 4 aliphatic carbocycles. The fourth-order valence-electron chi connectivity index (χ4n) is 9.71. The molecule has 0 amide bonds. The summed E-state index contributed by atoms with van der Waals surface area (Å²) in [7, 11) is 4.55. The molecule has 3 aromatic carbocycles. The third-order valence-electron chi connectivity index (χ3n) is 11.9. The Morgan fingerprint density at radius 1 is 0.553 bits per heavy atom. The van der Waals surface area contributed by atoms with E-state index in [1.54, 1.807) is 16.4 Å². The number of benzene rings is 1. The molecule has 4 heteroatoms. The normalized spacial score (nSPS) is 21.4. The number of rotatable bonds is 9. The third kappa shape index (κ3) is 9.74. The summed E-state index contributed by atoms with van der Waals surface area (Å²) in [6.07, 6.45) is 29.5. The zero-order valence-electron chi connectivity index (χ0n) is 29.7. The van der Waals surface area contributed by atoms with Crippen molar-refractivity contribution in [2.75, 3.05) is 14.1 Å². The van der Waals surface area contributed by atoms with Crippen LogP contribution >= 0.6 is 15.8 Å². The Morgan fingerprint density at radius 3 is 1.38 bits per heavy atom. The van der Waals surface area contributed by atoms with Gasteiger partial charge in [0, 0.05) is 23.1 Å². The molecule has 0 aromatic heterocycles. The molecule has 0 radical (unpaired) electrons. The van der Waals surface area contributed by atoms with Crippen molar-refractivity contribution in [3.05, 3.63) is 83.9 Å². The largest absolute Gasteiger partial charge is 0.748 e. The first kappa shape index (κ1) is 37.5. The van der Waals surface area contributed by atoms with Crippen LogP contribution in [0.3, 0.4) is 0 Å². The zero-order valence-corrected chi connectivity index (χ0v) is 32.5. The van der Waals surface area contributed by atoms with Crippen LogP contribution in [0.5, 0.6) is 0 Å². The molecule has 0 unspecified atom stereocenters. The summed E-state index contributed by atoms with van der Waals surface area (Å²) in [6.45, 7) is 0. The molecule has 0 bridgehead atoms. The minimum absolute atomic E-state index is 0. The fraction of sp³-hybridized carbons (Fsp3) is 0.628. The van der Waals surface area contributed by atoms with Gasteiger partial charge in [0.1, 0.15) is 0 Å². The van der Waals surface area contributed by atoms with Gasteiger partial charge in [0.2, 0.25) is 0 Å². The van der Waals surface area contributed by atoms with E-state index in [0.29, 0.717) is 6.04 Å². The molecule has 0 N–H and O–H groups in total. The van der Waals surface area contributed by atoms with E-state index < -0.39 is 0 Å². The van der Waals surface area contributed by atoms with Gasteiger partial charge in [-0.25, -0.2) is 12.1 Å². The molecular formula is C43H63FeNP2-6. The maximum Gasteiger partial charge on any atom is 0.0157 e. The second kappa shape index (κ2) is 19.6. The molecule has 264 valence electrons. The van der Waals surface area contributed by atoms with E-state index in [2.05, 4.69) is 61.5 Å². The van der Waals surface area contributed by atoms with Gasteiger partial charge in [0.15, 0.2) is 0 Å². The first-order chi connectivity index (χ1) is 22.7. The van der Waals surface area contributed by atoms with Crippen molar-refractivity contribution in [2.45, 2.75) is 157 Å². The smallest absolute Gasteiger partial charge is 0.0157 e. The standard InChI is InChI=1S/C38H58NP2.C5H5.Fe/c1-39(2)38(35-27-17-29-37(35)41(32-22-11-5-12-23-32)33-24-13-6-14-25-33)34-26-15-16-28-36(34)40(30-18-7-3-8-19-30)31-20-9-4-10-21-31;1-2-4-5-3-1;/h15-17,26-33,38H,3-14,18-25H2,1-2H3;1-5H;/q-1;-5;/t38-;;/m1../s1. The topological polar surface area (TPSA) is 3.24 Å². The molecule has 0 spiro atoms. The van der Waals surface area contributed by atoms with E-state index >= 15 is 0 Å². The SMILES string of the molecule is CN(C)[C@H](c1ccccc1P(C1CCCCC1)C1CCCCC1)[c-]1cccc1P(C1CCCCC1)C1CCCCC1.[Fe].[cH-]1[cH-][cH-][cH-][cH-]1. The zero-order chi connectivity index (χ0) is 31.6. The van der Waals surface area contributed by atoms with Gasteiger partial charge in [0.25, 0.3) is 0 Å². The van der Waals surface area contributed by atoms with Gasteiger partial charge in [-0.3, -0.25) is 0 Å². The minimum Gasteiger partial charge on any atom is -0.748 e. The van der Waals surface area contributed by atoms with Crippen LogP contribution in [0.2, 0.25) is 0 Å². The van der Waals surface area contributed by atoms with Crippen molar-refractivity contribution in [3.8, 4) is 0 Å². The molecule has 4 aliphatic rings. The van der Waals surface area contributed by atoms with Gasteiger partial charge in [0.05, 0.1) is 0 Å². The summed E-state index contributed by atoms with van der Waals surface area (Å²) in [5.41, 5.74) is 7.18. The van der Waals surface area contributed by atoms with Gasteiger partial charge in [-0.15, -0.1) is 10.9 Å². The summed E-state index contributed by atoms with van der Waals surface area (Å²) in [5, 5.41) is 3.61. The number of hydrogen-bond donors (Lipinski definition) is 0. The van der Waals surface area contributed by atoms with Gasteiger partial charge < -0.3 is 35.2 Å². The van der Waals surface area contributed by atoms with Crippen LogP contribution in [0.1, 0.15) is 146 Å². The fourth-order valence-corrected chi connectivity index (χ4v) is 17.7.